The Labute approximate surface area is 113 Å². The summed E-state index contributed by atoms with van der Waals surface area (Å²) in [4.78, 5) is 4.28. The van der Waals surface area contributed by atoms with E-state index in [0.717, 1.165) is 16.8 Å². The van der Waals surface area contributed by atoms with Crippen molar-refractivity contribution in [1.82, 2.24) is 10.3 Å². The van der Waals surface area contributed by atoms with Gasteiger partial charge in [0.1, 0.15) is 0 Å². The van der Waals surface area contributed by atoms with Crippen LogP contribution in [0.1, 0.15) is 22.3 Å². The van der Waals surface area contributed by atoms with E-state index < -0.39 is 23.5 Å². The highest BCUT2D eigenvalue weighted by Gasteiger charge is 2.20. The maximum atomic E-state index is 13.7. The zero-order valence-corrected chi connectivity index (χ0v) is 11.3. The highest BCUT2D eigenvalue weighted by molar-refractivity contribution is 7.09. The second-order valence-electron chi connectivity index (χ2n) is 4.19. The Kier molecular flexibility index (Phi) is 4.21. The summed E-state index contributed by atoms with van der Waals surface area (Å²) in [7, 11) is 1.64. The Hall–Kier alpha value is -1.40. The SMILES string of the molecule is CNC(Cc1nc(C)cs1)c1ccc(F)c(F)c1F. The molecule has 0 saturated carbocycles. The summed E-state index contributed by atoms with van der Waals surface area (Å²) in [6.07, 6.45) is 0.428. The van der Waals surface area contributed by atoms with Crippen molar-refractivity contribution in [3.63, 3.8) is 0 Å². The molecule has 0 amide bonds. The number of halogens is 3. The van der Waals surface area contributed by atoms with E-state index in [-0.39, 0.29) is 5.56 Å². The van der Waals surface area contributed by atoms with E-state index in [1.807, 2.05) is 12.3 Å². The molecule has 1 heterocycles. The van der Waals surface area contributed by atoms with Crippen molar-refractivity contribution in [2.24, 2.45) is 0 Å². The lowest BCUT2D eigenvalue weighted by Crippen LogP contribution is -2.20. The standard InChI is InChI=1S/C13H13F3N2S/c1-7-6-19-11(18-7)5-10(17-2)8-3-4-9(14)13(16)12(8)15/h3-4,6,10,17H,5H2,1-2H3. The molecule has 0 saturated heterocycles. The number of hydrogen-bond donors (Lipinski definition) is 1. The minimum Gasteiger partial charge on any atom is -0.313 e. The van der Waals surface area contributed by atoms with Gasteiger partial charge < -0.3 is 5.32 Å². The van der Waals surface area contributed by atoms with Gasteiger partial charge in [0, 0.05) is 29.1 Å². The second kappa shape index (κ2) is 5.71. The monoisotopic (exact) mass is 286 g/mol. The van der Waals surface area contributed by atoms with Gasteiger partial charge in [-0.25, -0.2) is 18.2 Å². The molecule has 0 aliphatic rings. The number of nitrogens with one attached hydrogen (secondary N) is 1. The predicted molar refractivity (Wildman–Crippen MR) is 68.7 cm³/mol. The van der Waals surface area contributed by atoms with Crippen molar-refractivity contribution in [3.05, 3.63) is 51.2 Å². The average Bonchev–Trinajstić information content (AvgIpc) is 2.80. The number of likely N-dealkylation sites (N-methyl/N-ethyl adjacent to an activating group) is 1. The van der Waals surface area contributed by atoms with E-state index in [1.165, 1.54) is 17.4 Å². The fourth-order valence-electron chi connectivity index (χ4n) is 1.85. The molecule has 0 aliphatic carbocycles. The molecule has 1 unspecified atom stereocenters. The van der Waals surface area contributed by atoms with E-state index in [0.29, 0.717) is 6.42 Å². The summed E-state index contributed by atoms with van der Waals surface area (Å²) < 4.78 is 39.9. The van der Waals surface area contributed by atoms with Gasteiger partial charge in [0.05, 0.1) is 5.01 Å². The van der Waals surface area contributed by atoms with Gasteiger partial charge in [0.15, 0.2) is 17.5 Å². The Bertz CT molecular complexity index is 583. The molecule has 102 valence electrons. The largest absolute Gasteiger partial charge is 0.313 e. The lowest BCUT2D eigenvalue weighted by molar-refractivity contribution is 0.428. The van der Waals surface area contributed by atoms with Crippen molar-refractivity contribution in [2.45, 2.75) is 19.4 Å². The third-order valence-electron chi connectivity index (χ3n) is 2.83. The van der Waals surface area contributed by atoms with Gasteiger partial charge in [-0.3, -0.25) is 0 Å². The molecule has 1 aromatic carbocycles. The van der Waals surface area contributed by atoms with Crippen molar-refractivity contribution >= 4 is 11.3 Å². The Morgan fingerprint density at radius 3 is 2.58 bits per heavy atom. The van der Waals surface area contributed by atoms with Crippen LogP contribution in [0.25, 0.3) is 0 Å². The molecular formula is C13H13F3N2S. The fourth-order valence-corrected chi connectivity index (χ4v) is 2.67. The van der Waals surface area contributed by atoms with Gasteiger partial charge in [0.25, 0.3) is 0 Å². The molecule has 2 nitrogen and oxygen atoms in total. The number of rotatable bonds is 4. The number of benzene rings is 1. The topological polar surface area (TPSA) is 24.9 Å². The molecule has 1 N–H and O–H groups in total. The number of nitrogens with zero attached hydrogens (tertiary/aromatic N) is 1. The van der Waals surface area contributed by atoms with Crippen LogP contribution in [0.15, 0.2) is 17.5 Å². The molecule has 0 spiro atoms. The van der Waals surface area contributed by atoms with Gasteiger partial charge >= 0.3 is 0 Å². The first-order valence-electron chi connectivity index (χ1n) is 5.74. The quantitative estimate of drug-likeness (QED) is 0.872. The molecular weight excluding hydrogens is 273 g/mol. The van der Waals surface area contributed by atoms with E-state index in [2.05, 4.69) is 10.3 Å². The van der Waals surface area contributed by atoms with Crippen LogP contribution >= 0.6 is 11.3 Å². The summed E-state index contributed by atoms with van der Waals surface area (Å²) in [5, 5.41) is 5.61. The zero-order valence-electron chi connectivity index (χ0n) is 10.5. The minimum absolute atomic E-state index is 0.106. The lowest BCUT2D eigenvalue weighted by Gasteiger charge is -2.16. The summed E-state index contributed by atoms with van der Waals surface area (Å²) in [6, 6.07) is 1.75. The first kappa shape index (κ1) is 14.0. The smallest absolute Gasteiger partial charge is 0.194 e. The van der Waals surface area contributed by atoms with Gasteiger partial charge in [-0.05, 0) is 20.0 Å². The zero-order chi connectivity index (χ0) is 14.0. The molecule has 2 rings (SSSR count). The second-order valence-corrected chi connectivity index (χ2v) is 5.14. The van der Waals surface area contributed by atoms with E-state index in [9.17, 15) is 13.2 Å². The molecule has 0 bridgehead atoms. The van der Waals surface area contributed by atoms with Crippen molar-refractivity contribution in [1.29, 1.82) is 0 Å². The van der Waals surface area contributed by atoms with Gasteiger partial charge in [-0.1, -0.05) is 6.07 Å². The molecule has 19 heavy (non-hydrogen) atoms. The van der Waals surface area contributed by atoms with Crippen LogP contribution < -0.4 is 5.32 Å². The number of aromatic nitrogens is 1. The fraction of sp³-hybridized carbons (Fsp3) is 0.308. The molecule has 0 radical (unpaired) electrons. The summed E-state index contributed by atoms with van der Waals surface area (Å²) in [6.45, 7) is 1.87. The molecule has 0 aliphatic heterocycles. The van der Waals surface area contributed by atoms with Gasteiger partial charge in [0.2, 0.25) is 0 Å². The lowest BCUT2D eigenvalue weighted by atomic mass is 10.0. The summed E-state index contributed by atoms with van der Waals surface area (Å²) >= 11 is 1.46. The highest BCUT2D eigenvalue weighted by atomic mass is 32.1. The predicted octanol–water partition coefficient (Wildman–Crippen LogP) is 3.37. The summed E-state index contributed by atoms with van der Waals surface area (Å²) in [5.41, 5.74) is 0.995. The van der Waals surface area contributed by atoms with Crippen LogP contribution in [0.5, 0.6) is 0 Å². The van der Waals surface area contributed by atoms with Crippen LogP contribution in [0, 0.1) is 24.4 Å². The van der Waals surface area contributed by atoms with Crippen LogP contribution in [-0.4, -0.2) is 12.0 Å². The van der Waals surface area contributed by atoms with Crippen molar-refractivity contribution in [2.75, 3.05) is 7.05 Å². The van der Waals surface area contributed by atoms with E-state index >= 15 is 0 Å². The van der Waals surface area contributed by atoms with Crippen molar-refractivity contribution in [3.8, 4) is 0 Å². The maximum Gasteiger partial charge on any atom is 0.194 e. The first-order valence-corrected chi connectivity index (χ1v) is 6.62. The molecule has 2 aromatic rings. The van der Waals surface area contributed by atoms with E-state index in [1.54, 1.807) is 7.05 Å². The average molecular weight is 286 g/mol. The Morgan fingerprint density at radius 2 is 2.00 bits per heavy atom. The highest BCUT2D eigenvalue weighted by Crippen LogP contribution is 2.25. The van der Waals surface area contributed by atoms with Crippen LogP contribution in [0.4, 0.5) is 13.2 Å². The van der Waals surface area contributed by atoms with Crippen molar-refractivity contribution < 1.29 is 13.2 Å². The van der Waals surface area contributed by atoms with Crippen LogP contribution in [-0.2, 0) is 6.42 Å². The number of hydrogen-bond acceptors (Lipinski definition) is 3. The van der Waals surface area contributed by atoms with Crippen LogP contribution in [0.3, 0.4) is 0 Å². The Morgan fingerprint density at radius 1 is 1.26 bits per heavy atom. The molecule has 0 fully saturated rings. The van der Waals surface area contributed by atoms with Gasteiger partial charge in [-0.15, -0.1) is 11.3 Å². The maximum absolute atomic E-state index is 13.7. The minimum atomic E-state index is -1.44. The molecule has 1 aromatic heterocycles. The summed E-state index contributed by atoms with van der Waals surface area (Å²) in [5.74, 6) is -3.76. The molecule has 1 atom stereocenters. The third kappa shape index (κ3) is 2.96. The number of thiazole rings is 1. The van der Waals surface area contributed by atoms with Gasteiger partial charge in [-0.2, -0.15) is 0 Å². The molecule has 6 heteroatoms. The third-order valence-corrected chi connectivity index (χ3v) is 3.82. The van der Waals surface area contributed by atoms with E-state index in [4.69, 9.17) is 0 Å². The first-order chi connectivity index (χ1) is 9.02. The normalized spacial score (nSPS) is 12.7. The Balaban J connectivity index is 2.29. The van der Waals surface area contributed by atoms with Crippen LogP contribution in [0.2, 0.25) is 0 Å². The number of aryl methyl sites for hydroxylation is 1.